The molecule has 0 radical (unpaired) electrons. The van der Waals surface area contributed by atoms with Crippen molar-refractivity contribution in [3.8, 4) is 23.0 Å². The predicted octanol–water partition coefficient (Wildman–Crippen LogP) is 2.46. The Labute approximate surface area is 146 Å². The predicted molar refractivity (Wildman–Crippen MR) is 88.7 cm³/mol. The molecule has 25 heavy (non-hydrogen) atoms. The number of carbonyl (C=O) groups is 1. The average Bonchev–Trinajstić information content (AvgIpc) is 3.30. The molecule has 0 aromatic carbocycles. The summed E-state index contributed by atoms with van der Waals surface area (Å²) in [6.45, 7) is 2.68. The van der Waals surface area contributed by atoms with Crippen molar-refractivity contribution in [3.63, 3.8) is 0 Å². The van der Waals surface area contributed by atoms with Crippen LogP contribution in [0, 0.1) is 0 Å². The number of aromatic nitrogens is 3. The molecule has 0 saturated heterocycles. The minimum Gasteiger partial charge on any atom is -0.485 e. The van der Waals surface area contributed by atoms with Gasteiger partial charge in [0.05, 0.1) is 0 Å². The van der Waals surface area contributed by atoms with Crippen LogP contribution in [0.15, 0.2) is 34.3 Å². The quantitative estimate of drug-likeness (QED) is 0.764. The summed E-state index contributed by atoms with van der Waals surface area (Å²) in [6, 6.07) is 4.97. The van der Waals surface area contributed by atoms with E-state index in [1.165, 1.54) is 11.3 Å². The fraction of sp³-hybridized carbons (Fsp3) is 0.250. The molecule has 1 N–H and O–H groups in total. The summed E-state index contributed by atoms with van der Waals surface area (Å²) in [5.74, 6) is 1.49. The minimum absolute atomic E-state index is 0.276. The van der Waals surface area contributed by atoms with Crippen LogP contribution in [-0.2, 0) is 0 Å². The molecule has 128 valence electrons. The van der Waals surface area contributed by atoms with Crippen LogP contribution in [0.25, 0.3) is 11.5 Å². The summed E-state index contributed by atoms with van der Waals surface area (Å²) in [7, 11) is 0. The molecule has 1 amide bonds. The lowest BCUT2D eigenvalue weighted by atomic mass is 10.3. The van der Waals surface area contributed by atoms with Crippen molar-refractivity contribution in [1.82, 2.24) is 20.4 Å². The molecule has 1 aliphatic rings. The summed E-state index contributed by atoms with van der Waals surface area (Å²) in [5.41, 5.74) is 0.605. The summed E-state index contributed by atoms with van der Waals surface area (Å²) < 4.78 is 16.2. The Bertz CT molecular complexity index is 893. The zero-order chi connectivity index (χ0) is 17.2. The minimum atomic E-state index is -0.459. The smallest absolute Gasteiger partial charge is 0.265 e. The Hall–Kier alpha value is -2.94. The third-order valence-corrected chi connectivity index (χ3v) is 4.50. The first-order valence-corrected chi connectivity index (χ1v) is 8.53. The molecule has 1 aliphatic heterocycles. The first kappa shape index (κ1) is 15.6. The largest absolute Gasteiger partial charge is 0.485 e. The molecule has 4 rings (SSSR count). The molecule has 3 aromatic rings. The van der Waals surface area contributed by atoms with Gasteiger partial charge < -0.3 is 19.3 Å². The molecular formula is C16H14N4O4S. The van der Waals surface area contributed by atoms with E-state index in [0.717, 1.165) is 0 Å². The molecule has 8 nitrogen and oxygen atoms in total. The SMILES string of the molecule is CC(NC(=O)c1scc2c1OCCO2)c1nc(-c2ccccn2)no1. The second-order valence-electron chi connectivity index (χ2n) is 5.32. The number of hydrogen-bond donors (Lipinski definition) is 1. The number of ether oxygens (including phenoxy) is 2. The normalized spacial score (nSPS) is 14.1. The molecule has 1 unspecified atom stereocenters. The van der Waals surface area contributed by atoms with E-state index < -0.39 is 6.04 Å². The van der Waals surface area contributed by atoms with Gasteiger partial charge in [-0.2, -0.15) is 4.98 Å². The zero-order valence-electron chi connectivity index (χ0n) is 13.3. The maximum Gasteiger partial charge on any atom is 0.265 e. The topological polar surface area (TPSA) is 99.4 Å². The van der Waals surface area contributed by atoms with Crippen LogP contribution >= 0.6 is 11.3 Å². The van der Waals surface area contributed by atoms with E-state index in [4.69, 9.17) is 14.0 Å². The van der Waals surface area contributed by atoms with Gasteiger partial charge in [0.1, 0.15) is 29.8 Å². The summed E-state index contributed by atoms with van der Waals surface area (Å²) in [5, 5.41) is 8.50. The van der Waals surface area contributed by atoms with E-state index in [1.54, 1.807) is 30.6 Å². The Morgan fingerprint density at radius 1 is 1.32 bits per heavy atom. The van der Waals surface area contributed by atoms with Crippen molar-refractivity contribution < 1.29 is 18.8 Å². The van der Waals surface area contributed by atoms with Gasteiger partial charge in [-0.05, 0) is 19.1 Å². The van der Waals surface area contributed by atoms with Crippen molar-refractivity contribution in [2.45, 2.75) is 13.0 Å². The first-order valence-electron chi connectivity index (χ1n) is 7.65. The summed E-state index contributed by atoms with van der Waals surface area (Å²) in [6.07, 6.45) is 1.65. The Morgan fingerprint density at radius 2 is 2.20 bits per heavy atom. The number of thiophene rings is 1. The van der Waals surface area contributed by atoms with E-state index in [1.807, 2.05) is 6.07 Å². The van der Waals surface area contributed by atoms with Crippen LogP contribution < -0.4 is 14.8 Å². The summed E-state index contributed by atoms with van der Waals surface area (Å²) in [4.78, 5) is 21.4. The van der Waals surface area contributed by atoms with Crippen LogP contribution in [0.1, 0.15) is 28.5 Å². The molecule has 0 bridgehead atoms. The number of nitrogens with zero attached hydrogens (tertiary/aromatic N) is 3. The third kappa shape index (κ3) is 3.05. The molecule has 9 heteroatoms. The number of nitrogens with one attached hydrogen (secondary N) is 1. The number of fused-ring (bicyclic) bond motifs is 1. The van der Waals surface area contributed by atoms with Crippen molar-refractivity contribution in [2.75, 3.05) is 13.2 Å². The van der Waals surface area contributed by atoms with Crippen LogP contribution in [-0.4, -0.2) is 34.2 Å². The second-order valence-corrected chi connectivity index (χ2v) is 6.20. The van der Waals surface area contributed by atoms with Gasteiger partial charge >= 0.3 is 0 Å². The lowest BCUT2D eigenvalue weighted by Crippen LogP contribution is -2.27. The van der Waals surface area contributed by atoms with Crippen LogP contribution in [0.2, 0.25) is 0 Å². The molecular weight excluding hydrogens is 344 g/mol. The highest BCUT2D eigenvalue weighted by atomic mass is 32.1. The van der Waals surface area contributed by atoms with Crippen molar-refractivity contribution in [3.05, 3.63) is 40.5 Å². The van der Waals surface area contributed by atoms with E-state index in [2.05, 4.69) is 20.4 Å². The fourth-order valence-electron chi connectivity index (χ4n) is 2.35. The number of carbonyl (C=O) groups excluding carboxylic acids is 1. The highest BCUT2D eigenvalue weighted by Gasteiger charge is 2.26. The van der Waals surface area contributed by atoms with Gasteiger partial charge in [-0.25, -0.2) is 0 Å². The second kappa shape index (κ2) is 6.52. The highest BCUT2D eigenvalue weighted by Crippen LogP contribution is 2.39. The van der Waals surface area contributed by atoms with Crippen molar-refractivity contribution >= 4 is 17.2 Å². The third-order valence-electron chi connectivity index (χ3n) is 3.56. The molecule has 4 heterocycles. The van der Waals surface area contributed by atoms with Gasteiger partial charge in [0.2, 0.25) is 11.7 Å². The number of hydrogen-bond acceptors (Lipinski definition) is 8. The lowest BCUT2D eigenvalue weighted by Gasteiger charge is -2.16. The lowest BCUT2D eigenvalue weighted by molar-refractivity contribution is 0.0927. The van der Waals surface area contributed by atoms with Crippen molar-refractivity contribution in [1.29, 1.82) is 0 Å². The molecule has 0 aliphatic carbocycles. The zero-order valence-corrected chi connectivity index (χ0v) is 14.1. The van der Waals surface area contributed by atoms with Gasteiger partial charge in [-0.3, -0.25) is 9.78 Å². The first-order chi connectivity index (χ1) is 12.2. The molecule has 0 fully saturated rings. The molecule has 0 spiro atoms. The van der Waals surface area contributed by atoms with Gasteiger partial charge in [0, 0.05) is 11.6 Å². The molecule has 0 saturated carbocycles. The number of pyridine rings is 1. The number of amides is 1. The Morgan fingerprint density at radius 3 is 3.04 bits per heavy atom. The fourth-order valence-corrected chi connectivity index (χ4v) is 3.19. The van der Waals surface area contributed by atoms with E-state index in [9.17, 15) is 4.79 Å². The Balaban J connectivity index is 1.49. The number of rotatable bonds is 4. The van der Waals surface area contributed by atoms with Gasteiger partial charge in [0.25, 0.3) is 5.91 Å². The molecule has 1 atom stereocenters. The van der Waals surface area contributed by atoms with E-state index in [0.29, 0.717) is 47.0 Å². The highest BCUT2D eigenvalue weighted by molar-refractivity contribution is 7.12. The standard InChI is InChI=1S/C16H14N4O4S/c1-9(16-19-14(20-24-16)10-4-2-3-5-17-10)18-15(21)13-12-11(8-25-13)22-6-7-23-12/h2-5,8-9H,6-7H2,1H3,(H,18,21). The Kier molecular flexibility index (Phi) is 4.06. The van der Waals surface area contributed by atoms with Gasteiger partial charge in [-0.15, -0.1) is 11.3 Å². The van der Waals surface area contributed by atoms with Crippen molar-refractivity contribution in [2.24, 2.45) is 0 Å². The monoisotopic (exact) mass is 358 g/mol. The summed E-state index contributed by atoms with van der Waals surface area (Å²) >= 11 is 1.27. The average molecular weight is 358 g/mol. The van der Waals surface area contributed by atoms with Gasteiger partial charge in [0.15, 0.2) is 11.5 Å². The van der Waals surface area contributed by atoms with E-state index >= 15 is 0 Å². The van der Waals surface area contributed by atoms with Crippen LogP contribution in [0.5, 0.6) is 11.5 Å². The van der Waals surface area contributed by atoms with Crippen LogP contribution in [0.4, 0.5) is 0 Å². The van der Waals surface area contributed by atoms with Gasteiger partial charge in [-0.1, -0.05) is 11.2 Å². The maximum absolute atomic E-state index is 12.5. The van der Waals surface area contributed by atoms with Crippen LogP contribution in [0.3, 0.4) is 0 Å². The molecule has 3 aromatic heterocycles. The maximum atomic E-state index is 12.5. The van der Waals surface area contributed by atoms with E-state index in [-0.39, 0.29) is 5.91 Å².